The molecule has 0 amide bonds. The molecule has 4 heteroatoms. The molecule has 0 atom stereocenters. The fraction of sp³-hybridized carbons (Fsp3) is 0.583. The summed E-state index contributed by atoms with van der Waals surface area (Å²) in [4.78, 5) is 7.30. The number of nitrogens with two attached hydrogens (primary N) is 1. The molecule has 1 aromatic heterocycles. The molecule has 3 N–H and O–H groups in total. The van der Waals surface area contributed by atoms with E-state index in [1.165, 1.54) is 37.0 Å². The Kier molecular flexibility index (Phi) is 2.59. The number of rotatable bonds is 3. The second-order valence-electron chi connectivity index (χ2n) is 4.63. The van der Waals surface area contributed by atoms with Crippen LogP contribution in [0, 0.1) is 0 Å². The highest BCUT2D eigenvalue weighted by atomic mass is 32.1. The van der Waals surface area contributed by atoms with Crippen LogP contribution in [0.25, 0.3) is 0 Å². The monoisotopic (exact) mass is 235 g/mol. The molecular formula is C12H17N3S. The maximum Gasteiger partial charge on any atom is 0.189 e. The lowest BCUT2D eigenvalue weighted by Crippen LogP contribution is -2.33. The van der Waals surface area contributed by atoms with Crippen molar-refractivity contribution >= 4 is 17.3 Å². The summed E-state index contributed by atoms with van der Waals surface area (Å²) in [6.07, 6.45) is 6.33. The molecule has 1 saturated carbocycles. The van der Waals surface area contributed by atoms with Gasteiger partial charge in [0.2, 0.25) is 0 Å². The van der Waals surface area contributed by atoms with Gasteiger partial charge in [0.15, 0.2) is 5.96 Å². The van der Waals surface area contributed by atoms with Crippen molar-refractivity contribution < 1.29 is 0 Å². The smallest absolute Gasteiger partial charge is 0.189 e. The normalized spacial score (nSPS) is 19.9. The first-order chi connectivity index (χ1) is 7.81. The molecule has 0 aromatic carbocycles. The molecule has 1 aromatic rings. The molecule has 3 rings (SSSR count). The molecule has 0 spiro atoms. The summed E-state index contributed by atoms with van der Waals surface area (Å²) in [5, 5.41) is 3.21. The van der Waals surface area contributed by atoms with E-state index < -0.39 is 0 Å². The second-order valence-corrected chi connectivity index (χ2v) is 5.86. The van der Waals surface area contributed by atoms with E-state index in [0.29, 0.717) is 12.0 Å². The zero-order chi connectivity index (χ0) is 11.0. The van der Waals surface area contributed by atoms with E-state index in [9.17, 15) is 0 Å². The summed E-state index contributed by atoms with van der Waals surface area (Å²) < 4.78 is 0. The minimum Gasteiger partial charge on any atom is -0.370 e. The molecule has 0 aliphatic heterocycles. The van der Waals surface area contributed by atoms with Crippen molar-refractivity contribution in [3.05, 3.63) is 21.4 Å². The Hall–Kier alpha value is -1.03. The van der Waals surface area contributed by atoms with E-state index in [-0.39, 0.29) is 0 Å². The zero-order valence-electron chi connectivity index (χ0n) is 9.33. The third kappa shape index (κ3) is 2.21. The van der Waals surface area contributed by atoms with Gasteiger partial charge in [-0.05, 0) is 43.7 Å². The van der Waals surface area contributed by atoms with Crippen molar-refractivity contribution in [1.82, 2.24) is 5.32 Å². The van der Waals surface area contributed by atoms with Gasteiger partial charge in [0.1, 0.15) is 0 Å². The fourth-order valence-corrected chi connectivity index (χ4v) is 3.30. The predicted octanol–water partition coefficient (Wildman–Crippen LogP) is 1.80. The van der Waals surface area contributed by atoms with Crippen molar-refractivity contribution in [3.8, 4) is 0 Å². The Bertz CT molecular complexity index is 396. The average Bonchev–Trinajstić information content (AvgIpc) is 2.82. The molecule has 1 fully saturated rings. The van der Waals surface area contributed by atoms with Crippen LogP contribution in [-0.2, 0) is 19.4 Å². The van der Waals surface area contributed by atoms with Gasteiger partial charge in [0, 0.05) is 15.8 Å². The van der Waals surface area contributed by atoms with Gasteiger partial charge < -0.3 is 11.1 Å². The van der Waals surface area contributed by atoms with E-state index in [1.54, 1.807) is 10.4 Å². The summed E-state index contributed by atoms with van der Waals surface area (Å²) in [5.74, 6) is 0.607. The topological polar surface area (TPSA) is 50.4 Å². The Morgan fingerprint density at radius 1 is 1.50 bits per heavy atom. The molecule has 1 heterocycles. The quantitative estimate of drug-likeness (QED) is 0.620. The zero-order valence-corrected chi connectivity index (χ0v) is 10.1. The van der Waals surface area contributed by atoms with Gasteiger partial charge in [0.25, 0.3) is 0 Å². The lowest BCUT2D eigenvalue weighted by molar-refractivity contribution is 0.880. The average molecular weight is 235 g/mol. The Morgan fingerprint density at radius 2 is 2.38 bits per heavy atom. The number of aryl methyl sites for hydroxylation is 2. The van der Waals surface area contributed by atoms with Crippen molar-refractivity contribution in [2.75, 3.05) is 0 Å². The summed E-state index contributed by atoms with van der Waals surface area (Å²) in [6, 6.07) is 2.90. The van der Waals surface area contributed by atoms with Crippen molar-refractivity contribution in [1.29, 1.82) is 0 Å². The number of nitrogens with zero attached hydrogens (tertiary/aromatic N) is 1. The van der Waals surface area contributed by atoms with E-state index in [2.05, 4.69) is 16.4 Å². The van der Waals surface area contributed by atoms with E-state index in [4.69, 9.17) is 5.73 Å². The van der Waals surface area contributed by atoms with Gasteiger partial charge in [-0.1, -0.05) is 0 Å². The lowest BCUT2D eigenvalue weighted by Gasteiger charge is -2.01. The SMILES string of the molecule is NC(=NCc1cc2c(s1)CCC2)NC1CC1. The van der Waals surface area contributed by atoms with Gasteiger partial charge in [-0.15, -0.1) is 11.3 Å². The molecule has 0 bridgehead atoms. The van der Waals surface area contributed by atoms with Crippen LogP contribution in [0.1, 0.15) is 34.6 Å². The van der Waals surface area contributed by atoms with E-state index >= 15 is 0 Å². The lowest BCUT2D eigenvalue weighted by atomic mass is 10.2. The molecule has 16 heavy (non-hydrogen) atoms. The molecule has 2 aliphatic rings. The molecule has 0 saturated heterocycles. The van der Waals surface area contributed by atoms with Crippen LogP contribution in [0.5, 0.6) is 0 Å². The Balaban J connectivity index is 1.60. The number of nitrogens with one attached hydrogen (secondary N) is 1. The summed E-state index contributed by atoms with van der Waals surface area (Å²) >= 11 is 1.91. The van der Waals surface area contributed by atoms with Crippen LogP contribution < -0.4 is 11.1 Å². The minimum atomic E-state index is 0.595. The maximum absolute atomic E-state index is 5.80. The van der Waals surface area contributed by atoms with Gasteiger partial charge in [-0.3, -0.25) is 0 Å². The summed E-state index contributed by atoms with van der Waals surface area (Å²) in [5.41, 5.74) is 7.34. The molecule has 86 valence electrons. The van der Waals surface area contributed by atoms with Gasteiger partial charge in [0.05, 0.1) is 6.54 Å². The van der Waals surface area contributed by atoms with Gasteiger partial charge in [-0.2, -0.15) is 0 Å². The molecule has 3 nitrogen and oxygen atoms in total. The van der Waals surface area contributed by atoms with E-state index in [0.717, 1.165) is 6.54 Å². The number of hydrogen-bond acceptors (Lipinski definition) is 2. The Labute approximate surface area is 99.8 Å². The van der Waals surface area contributed by atoms with Crippen LogP contribution in [-0.4, -0.2) is 12.0 Å². The number of aliphatic imine (C=N–C) groups is 1. The van der Waals surface area contributed by atoms with Crippen molar-refractivity contribution in [2.45, 2.75) is 44.7 Å². The fourth-order valence-electron chi connectivity index (χ4n) is 2.11. The first kappa shape index (κ1) is 10.1. The van der Waals surface area contributed by atoms with E-state index in [1.807, 2.05) is 11.3 Å². The van der Waals surface area contributed by atoms with Crippen LogP contribution in [0.4, 0.5) is 0 Å². The summed E-state index contributed by atoms with van der Waals surface area (Å²) in [7, 11) is 0. The third-order valence-electron chi connectivity index (χ3n) is 3.13. The highest BCUT2D eigenvalue weighted by Gasteiger charge is 2.21. The Morgan fingerprint density at radius 3 is 3.12 bits per heavy atom. The van der Waals surface area contributed by atoms with Crippen LogP contribution in [0.3, 0.4) is 0 Å². The highest BCUT2D eigenvalue weighted by Crippen LogP contribution is 2.30. The van der Waals surface area contributed by atoms with Crippen molar-refractivity contribution in [3.63, 3.8) is 0 Å². The van der Waals surface area contributed by atoms with Crippen LogP contribution in [0.15, 0.2) is 11.1 Å². The number of thiophene rings is 1. The minimum absolute atomic E-state index is 0.595. The van der Waals surface area contributed by atoms with Gasteiger partial charge >= 0.3 is 0 Å². The van der Waals surface area contributed by atoms with Crippen molar-refractivity contribution in [2.24, 2.45) is 10.7 Å². The third-order valence-corrected chi connectivity index (χ3v) is 4.35. The summed E-state index contributed by atoms with van der Waals surface area (Å²) in [6.45, 7) is 0.739. The second kappa shape index (κ2) is 4.09. The molecule has 0 radical (unpaired) electrons. The standard InChI is InChI=1S/C12H17N3S/c13-12(15-9-4-5-9)14-7-10-6-8-2-1-3-11(8)16-10/h6,9H,1-5,7H2,(H3,13,14,15). The van der Waals surface area contributed by atoms with Gasteiger partial charge in [-0.25, -0.2) is 4.99 Å². The molecular weight excluding hydrogens is 218 g/mol. The number of fused-ring (bicyclic) bond motifs is 1. The van der Waals surface area contributed by atoms with Crippen LogP contribution in [0.2, 0.25) is 0 Å². The largest absolute Gasteiger partial charge is 0.370 e. The predicted molar refractivity (Wildman–Crippen MR) is 67.8 cm³/mol. The first-order valence-corrected chi connectivity index (χ1v) is 6.80. The van der Waals surface area contributed by atoms with Crippen LogP contribution >= 0.6 is 11.3 Å². The maximum atomic E-state index is 5.80. The molecule has 0 unspecified atom stereocenters. The number of guanidine groups is 1. The number of hydrogen-bond donors (Lipinski definition) is 2. The molecule has 2 aliphatic carbocycles. The highest BCUT2D eigenvalue weighted by molar-refractivity contribution is 7.12. The first-order valence-electron chi connectivity index (χ1n) is 5.98.